The number of rotatable bonds is 4. The third kappa shape index (κ3) is 3.61. The Kier molecular flexibility index (Phi) is 4.63. The van der Waals surface area contributed by atoms with E-state index in [1.807, 2.05) is 60.7 Å². The van der Waals surface area contributed by atoms with Gasteiger partial charge in [-0.1, -0.05) is 60.7 Å². The van der Waals surface area contributed by atoms with Gasteiger partial charge in [0.15, 0.2) is 6.10 Å². The van der Waals surface area contributed by atoms with Gasteiger partial charge in [0.2, 0.25) is 0 Å². The van der Waals surface area contributed by atoms with Crippen LogP contribution < -0.4 is 0 Å². The highest BCUT2D eigenvalue weighted by Crippen LogP contribution is 2.26. The number of esters is 1. The van der Waals surface area contributed by atoms with Gasteiger partial charge in [0, 0.05) is 0 Å². The minimum Gasteiger partial charge on any atom is -0.452 e. The van der Waals surface area contributed by atoms with E-state index in [0.29, 0.717) is 0 Å². The molecule has 0 saturated heterocycles. The van der Waals surface area contributed by atoms with Crippen LogP contribution >= 0.6 is 12.6 Å². The molecule has 0 aliphatic carbocycles. The molecule has 19 heavy (non-hydrogen) atoms. The predicted octanol–water partition coefficient (Wildman–Crippen LogP) is 3.64. The molecule has 0 amide bonds. The summed E-state index contributed by atoms with van der Waals surface area (Å²) in [5.74, 6) is -0.318. The average molecular weight is 272 g/mol. The van der Waals surface area contributed by atoms with Crippen molar-refractivity contribution in [3.8, 4) is 0 Å². The van der Waals surface area contributed by atoms with Gasteiger partial charge < -0.3 is 4.74 Å². The SMILES string of the molecule is CC(S)C(=O)OC(c1ccccc1)c1ccccc1. The smallest absolute Gasteiger partial charge is 0.319 e. The Labute approximate surface area is 118 Å². The summed E-state index contributed by atoms with van der Waals surface area (Å²) in [6.45, 7) is 1.71. The topological polar surface area (TPSA) is 26.3 Å². The lowest BCUT2D eigenvalue weighted by molar-refractivity contribution is -0.146. The van der Waals surface area contributed by atoms with Crippen LogP contribution in [0.5, 0.6) is 0 Å². The van der Waals surface area contributed by atoms with E-state index in [4.69, 9.17) is 4.74 Å². The minimum atomic E-state index is -0.435. The van der Waals surface area contributed by atoms with Crippen LogP contribution in [0.4, 0.5) is 0 Å². The monoisotopic (exact) mass is 272 g/mol. The predicted molar refractivity (Wildman–Crippen MR) is 79.3 cm³/mol. The second kappa shape index (κ2) is 6.43. The molecule has 0 fully saturated rings. The largest absolute Gasteiger partial charge is 0.452 e. The van der Waals surface area contributed by atoms with Crippen LogP contribution in [0.2, 0.25) is 0 Å². The van der Waals surface area contributed by atoms with Crippen molar-refractivity contribution in [2.75, 3.05) is 0 Å². The molecule has 0 N–H and O–H groups in total. The lowest BCUT2D eigenvalue weighted by atomic mass is 10.0. The molecule has 1 unspecified atom stereocenters. The van der Waals surface area contributed by atoms with Gasteiger partial charge in [0.05, 0.1) is 5.25 Å². The van der Waals surface area contributed by atoms with Crippen LogP contribution in [0, 0.1) is 0 Å². The van der Waals surface area contributed by atoms with Crippen molar-refractivity contribution in [3.63, 3.8) is 0 Å². The molecule has 1 atom stereocenters. The molecule has 2 aromatic carbocycles. The minimum absolute atomic E-state index is 0.318. The lowest BCUT2D eigenvalue weighted by Crippen LogP contribution is -2.19. The molecule has 0 aliphatic heterocycles. The number of hydrogen-bond acceptors (Lipinski definition) is 3. The zero-order chi connectivity index (χ0) is 13.7. The van der Waals surface area contributed by atoms with Crippen molar-refractivity contribution in [1.82, 2.24) is 0 Å². The molecule has 98 valence electrons. The Morgan fingerprint density at radius 3 is 1.74 bits per heavy atom. The molecule has 0 saturated carbocycles. The van der Waals surface area contributed by atoms with Gasteiger partial charge in [-0.25, -0.2) is 0 Å². The first-order chi connectivity index (χ1) is 9.18. The van der Waals surface area contributed by atoms with Crippen molar-refractivity contribution in [1.29, 1.82) is 0 Å². The molecule has 2 rings (SSSR count). The van der Waals surface area contributed by atoms with Gasteiger partial charge in [0.25, 0.3) is 0 Å². The highest BCUT2D eigenvalue weighted by Gasteiger charge is 2.20. The Bertz CT molecular complexity index is 483. The van der Waals surface area contributed by atoms with E-state index in [2.05, 4.69) is 12.6 Å². The van der Waals surface area contributed by atoms with Crippen LogP contribution in [-0.4, -0.2) is 11.2 Å². The molecule has 0 radical (unpaired) electrons. The highest BCUT2D eigenvalue weighted by molar-refractivity contribution is 7.81. The first-order valence-electron chi connectivity index (χ1n) is 6.17. The van der Waals surface area contributed by atoms with E-state index in [0.717, 1.165) is 11.1 Å². The Hall–Kier alpha value is -1.74. The van der Waals surface area contributed by atoms with E-state index in [-0.39, 0.29) is 12.1 Å². The van der Waals surface area contributed by atoms with Gasteiger partial charge >= 0.3 is 5.97 Å². The molecular formula is C16H16O2S. The maximum Gasteiger partial charge on any atom is 0.319 e. The van der Waals surface area contributed by atoms with Gasteiger partial charge in [0.1, 0.15) is 0 Å². The lowest BCUT2D eigenvalue weighted by Gasteiger charge is -2.19. The van der Waals surface area contributed by atoms with Crippen molar-refractivity contribution >= 4 is 18.6 Å². The van der Waals surface area contributed by atoms with Gasteiger partial charge in [-0.05, 0) is 18.1 Å². The summed E-state index contributed by atoms with van der Waals surface area (Å²) >= 11 is 4.12. The molecule has 0 aliphatic rings. The zero-order valence-corrected chi connectivity index (χ0v) is 11.6. The first kappa shape index (κ1) is 13.7. The number of hydrogen-bond donors (Lipinski definition) is 1. The van der Waals surface area contributed by atoms with Crippen LogP contribution in [0.15, 0.2) is 60.7 Å². The highest BCUT2D eigenvalue weighted by atomic mass is 32.1. The standard InChI is InChI=1S/C16H16O2S/c1-12(19)16(17)18-15(13-8-4-2-5-9-13)14-10-6-3-7-11-14/h2-12,15,19H,1H3. The maximum atomic E-state index is 11.8. The third-order valence-electron chi connectivity index (χ3n) is 2.78. The summed E-state index contributed by atoms with van der Waals surface area (Å²) in [4.78, 5) is 11.8. The van der Waals surface area contributed by atoms with Gasteiger partial charge in [-0.15, -0.1) is 0 Å². The van der Waals surface area contributed by atoms with Crippen molar-refractivity contribution in [2.24, 2.45) is 0 Å². The summed E-state index contributed by atoms with van der Waals surface area (Å²) in [5.41, 5.74) is 1.91. The normalized spacial score (nSPS) is 12.2. The van der Waals surface area contributed by atoms with Gasteiger partial charge in [-0.2, -0.15) is 12.6 Å². The Balaban J connectivity index is 2.32. The van der Waals surface area contributed by atoms with Crippen LogP contribution in [0.1, 0.15) is 24.2 Å². The summed E-state index contributed by atoms with van der Waals surface area (Å²) in [7, 11) is 0. The third-order valence-corrected chi connectivity index (χ3v) is 2.99. The quantitative estimate of drug-likeness (QED) is 0.679. The van der Waals surface area contributed by atoms with Crippen molar-refractivity contribution in [2.45, 2.75) is 18.3 Å². The molecule has 0 heterocycles. The van der Waals surface area contributed by atoms with Crippen LogP contribution in [-0.2, 0) is 9.53 Å². The van der Waals surface area contributed by atoms with Gasteiger partial charge in [-0.3, -0.25) is 4.79 Å². The van der Waals surface area contributed by atoms with E-state index in [1.54, 1.807) is 6.92 Å². The fourth-order valence-corrected chi connectivity index (χ4v) is 1.86. The van der Waals surface area contributed by atoms with Crippen molar-refractivity contribution in [3.05, 3.63) is 71.8 Å². The number of benzene rings is 2. The number of carbonyl (C=O) groups is 1. The van der Waals surface area contributed by atoms with E-state index in [9.17, 15) is 4.79 Å². The fourth-order valence-electron chi connectivity index (χ4n) is 1.80. The molecule has 0 aromatic heterocycles. The molecular weight excluding hydrogens is 256 g/mol. The fraction of sp³-hybridized carbons (Fsp3) is 0.188. The average Bonchev–Trinajstić information content (AvgIpc) is 2.46. The van der Waals surface area contributed by atoms with E-state index < -0.39 is 5.25 Å². The Morgan fingerprint density at radius 1 is 0.947 bits per heavy atom. The number of thiol groups is 1. The summed E-state index contributed by atoms with van der Waals surface area (Å²) in [6, 6.07) is 19.4. The first-order valence-corrected chi connectivity index (χ1v) is 6.68. The molecule has 0 bridgehead atoms. The molecule has 2 aromatic rings. The van der Waals surface area contributed by atoms with Crippen LogP contribution in [0.25, 0.3) is 0 Å². The second-order valence-corrected chi connectivity index (χ2v) is 5.09. The molecule has 3 heteroatoms. The van der Waals surface area contributed by atoms with Crippen LogP contribution in [0.3, 0.4) is 0 Å². The number of carbonyl (C=O) groups excluding carboxylic acids is 1. The van der Waals surface area contributed by atoms with E-state index >= 15 is 0 Å². The Morgan fingerprint density at radius 2 is 1.37 bits per heavy atom. The zero-order valence-electron chi connectivity index (χ0n) is 10.7. The maximum absolute atomic E-state index is 11.8. The molecule has 0 spiro atoms. The molecule has 2 nitrogen and oxygen atoms in total. The summed E-state index contributed by atoms with van der Waals surface area (Å²) in [5, 5.41) is -0.435. The van der Waals surface area contributed by atoms with E-state index in [1.165, 1.54) is 0 Å². The number of ether oxygens (including phenoxy) is 1. The summed E-state index contributed by atoms with van der Waals surface area (Å²) in [6.07, 6.45) is -0.385. The van der Waals surface area contributed by atoms with Crippen molar-refractivity contribution < 1.29 is 9.53 Å². The summed E-state index contributed by atoms with van der Waals surface area (Å²) < 4.78 is 5.57. The second-order valence-electron chi connectivity index (χ2n) is 4.31.